The maximum absolute atomic E-state index is 13.8. The largest absolute Gasteiger partial charge is 0.494 e. The second-order valence-electron chi connectivity index (χ2n) is 9.41. The molecule has 0 saturated heterocycles. The maximum atomic E-state index is 13.8. The van der Waals surface area contributed by atoms with Gasteiger partial charge in [-0.25, -0.2) is 0 Å². The molecule has 0 aliphatic rings. The molecule has 1 atom stereocenters. The van der Waals surface area contributed by atoms with Crippen LogP contribution in [0.5, 0.6) is 5.75 Å². The molecule has 0 spiro atoms. The number of nitrogens with zero attached hydrogens (tertiary/aromatic N) is 2. The van der Waals surface area contributed by atoms with Crippen LogP contribution in [-0.2, 0) is 4.79 Å². The summed E-state index contributed by atoms with van der Waals surface area (Å²) in [6.07, 6.45) is 3.98. The van der Waals surface area contributed by atoms with Crippen molar-refractivity contribution in [2.24, 2.45) is 5.73 Å². The summed E-state index contributed by atoms with van der Waals surface area (Å²) in [5, 5.41) is 2.99. The number of hydrogen-bond donors (Lipinski definition) is 3. The van der Waals surface area contributed by atoms with E-state index < -0.39 is 23.4 Å². The van der Waals surface area contributed by atoms with Crippen LogP contribution in [0.15, 0.2) is 24.3 Å². The molecule has 2 rings (SSSR count). The summed E-state index contributed by atoms with van der Waals surface area (Å²) in [5.74, 6) is -0.934. The third-order valence-corrected chi connectivity index (χ3v) is 6.05. The number of anilines is 2. The lowest BCUT2D eigenvalue weighted by molar-refractivity contribution is -0.123. The van der Waals surface area contributed by atoms with E-state index in [4.69, 9.17) is 16.2 Å². The smallest absolute Gasteiger partial charge is 0.272 e. The lowest BCUT2D eigenvalue weighted by atomic mass is 10.0. The highest BCUT2D eigenvalue weighted by Crippen LogP contribution is 2.30. The molecule has 192 valence electrons. The number of unbranched alkanes of at least 4 members (excludes halogenated alkanes) is 2. The van der Waals surface area contributed by atoms with Crippen LogP contribution in [0, 0.1) is 0 Å². The first-order chi connectivity index (χ1) is 16.5. The second-order valence-corrected chi connectivity index (χ2v) is 10.2. The summed E-state index contributed by atoms with van der Waals surface area (Å²) < 4.78 is 9.72. The molecule has 35 heavy (non-hydrogen) atoms. The minimum atomic E-state index is -0.814. The van der Waals surface area contributed by atoms with Gasteiger partial charge in [-0.15, -0.1) is 0 Å². The van der Waals surface area contributed by atoms with Gasteiger partial charge in [0.25, 0.3) is 11.8 Å². The molecule has 1 heterocycles. The zero-order valence-electron chi connectivity index (χ0n) is 21.2. The van der Waals surface area contributed by atoms with Crippen molar-refractivity contribution in [2.75, 3.05) is 17.2 Å². The monoisotopic (exact) mass is 503 g/mol. The molecule has 5 N–H and O–H groups in total. The Morgan fingerprint density at radius 1 is 1.11 bits per heavy atom. The van der Waals surface area contributed by atoms with E-state index >= 15 is 0 Å². The Balaban J connectivity index is 2.54. The summed E-state index contributed by atoms with van der Waals surface area (Å²) in [5.41, 5.74) is 11.2. The predicted molar refractivity (Wildman–Crippen MR) is 140 cm³/mol. The van der Waals surface area contributed by atoms with Gasteiger partial charge >= 0.3 is 0 Å². The highest BCUT2D eigenvalue weighted by Gasteiger charge is 2.35. The normalized spacial score (nSPS) is 12.1. The second kappa shape index (κ2) is 12.5. The number of nitrogens with two attached hydrogens (primary N) is 2. The number of carbonyl (C=O) groups is 3. The minimum absolute atomic E-state index is 0.0622. The topological polar surface area (TPSA) is 141 Å². The van der Waals surface area contributed by atoms with Gasteiger partial charge in [0, 0.05) is 11.2 Å². The fourth-order valence-corrected chi connectivity index (χ4v) is 4.18. The molecule has 0 saturated carbocycles. The summed E-state index contributed by atoms with van der Waals surface area (Å²) in [6.45, 7) is 10.4. The summed E-state index contributed by atoms with van der Waals surface area (Å²) in [7, 11) is 0. The number of aromatic nitrogens is 1. The van der Waals surface area contributed by atoms with Gasteiger partial charge in [-0.3, -0.25) is 19.3 Å². The number of rotatable bonds is 12. The van der Waals surface area contributed by atoms with Gasteiger partial charge in [0.2, 0.25) is 5.91 Å². The zero-order chi connectivity index (χ0) is 26.2. The molecule has 2 aromatic rings. The average Bonchev–Trinajstić information content (AvgIpc) is 3.17. The SMILES string of the molecule is CCCCOc1ccc(N(C(=O)c2snc(C(N)=O)c2N)C(CCCC)C(=O)NC(C)(C)C)cc1. The van der Waals surface area contributed by atoms with E-state index in [1.807, 2.05) is 27.7 Å². The van der Waals surface area contributed by atoms with Crippen LogP contribution < -0.4 is 26.4 Å². The van der Waals surface area contributed by atoms with Crippen molar-refractivity contribution in [3.8, 4) is 5.75 Å². The van der Waals surface area contributed by atoms with Crippen molar-refractivity contribution in [3.05, 3.63) is 34.8 Å². The van der Waals surface area contributed by atoms with Crippen LogP contribution >= 0.6 is 11.5 Å². The van der Waals surface area contributed by atoms with E-state index in [9.17, 15) is 14.4 Å². The summed E-state index contributed by atoms with van der Waals surface area (Å²) in [6, 6.07) is 6.24. The average molecular weight is 504 g/mol. The molecule has 3 amide bonds. The number of primary amides is 1. The summed E-state index contributed by atoms with van der Waals surface area (Å²) >= 11 is 0.795. The molecule has 1 unspecified atom stereocenters. The van der Waals surface area contributed by atoms with Crippen molar-refractivity contribution in [3.63, 3.8) is 0 Å². The van der Waals surface area contributed by atoms with Crippen LogP contribution in [0.25, 0.3) is 0 Å². The van der Waals surface area contributed by atoms with E-state index in [1.165, 1.54) is 4.90 Å². The number of nitrogen functional groups attached to an aromatic ring is 1. The molecule has 0 aliphatic heterocycles. The molecule has 10 heteroatoms. The maximum Gasteiger partial charge on any atom is 0.272 e. The summed E-state index contributed by atoms with van der Waals surface area (Å²) in [4.78, 5) is 40.4. The van der Waals surface area contributed by atoms with Gasteiger partial charge in [0.05, 0.1) is 12.3 Å². The van der Waals surface area contributed by atoms with Crippen molar-refractivity contribution in [1.82, 2.24) is 9.69 Å². The predicted octanol–water partition coefficient (Wildman–Crippen LogP) is 4.12. The first-order valence-corrected chi connectivity index (χ1v) is 12.7. The molecular formula is C25H37N5O4S. The third-order valence-electron chi connectivity index (χ3n) is 5.20. The van der Waals surface area contributed by atoms with Crippen LogP contribution in [0.1, 0.15) is 86.9 Å². The number of hydrogen-bond acceptors (Lipinski definition) is 7. The van der Waals surface area contributed by atoms with Gasteiger partial charge in [0.1, 0.15) is 16.7 Å². The molecule has 9 nitrogen and oxygen atoms in total. The Hall–Kier alpha value is -3.14. The first-order valence-electron chi connectivity index (χ1n) is 11.9. The van der Waals surface area contributed by atoms with Crippen LogP contribution in [-0.4, -0.2) is 40.3 Å². The first kappa shape index (κ1) is 28.1. The quantitative estimate of drug-likeness (QED) is 0.372. The zero-order valence-corrected chi connectivity index (χ0v) is 22.0. The van der Waals surface area contributed by atoms with E-state index in [0.717, 1.165) is 37.2 Å². The van der Waals surface area contributed by atoms with Gasteiger partial charge in [-0.1, -0.05) is 33.1 Å². The van der Waals surface area contributed by atoms with Gasteiger partial charge in [0.15, 0.2) is 5.69 Å². The van der Waals surface area contributed by atoms with Crippen LogP contribution in [0.3, 0.4) is 0 Å². The van der Waals surface area contributed by atoms with Crippen molar-refractivity contribution in [1.29, 1.82) is 0 Å². The van der Waals surface area contributed by atoms with Gasteiger partial charge in [-0.05, 0) is 69.4 Å². The fraction of sp³-hybridized carbons (Fsp3) is 0.520. The van der Waals surface area contributed by atoms with Crippen molar-refractivity contribution in [2.45, 2.75) is 78.3 Å². The number of benzene rings is 1. The Morgan fingerprint density at radius 2 is 1.74 bits per heavy atom. The van der Waals surface area contributed by atoms with Crippen LogP contribution in [0.4, 0.5) is 11.4 Å². The van der Waals surface area contributed by atoms with Crippen LogP contribution in [0.2, 0.25) is 0 Å². The molecular weight excluding hydrogens is 466 g/mol. The van der Waals surface area contributed by atoms with E-state index in [-0.39, 0.29) is 22.2 Å². The number of carbonyl (C=O) groups excluding carboxylic acids is 3. The standard InChI is InChI=1S/C25H37N5O4S/c1-6-8-10-18(23(32)28-25(3,4)5)30(16-11-13-17(14-12-16)34-15-9-7-2)24(33)21-19(26)20(22(27)31)29-35-21/h11-14,18H,6-10,15,26H2,1-5H3,(H2,27,31)(H,28,32). The van der Waals surface area contributed by atoms with Crippen molar-refractivity contribution < 1.29 is 19.1 Å². The molecule has 0 fully saturated rings. The van der Waals surface area contributed by atoms with E-state index in [0.29, 0.717) is 24.5 Å². The molecule has 0 radical (unpaired) electrons. The van der Waals surface area contributed by atoms with E-state index in [2.05, 4.69) is 16.6 Å². The highest BCUT2D eigenvalue weighted by molar-refractivity contribution is 7.09. The Bertz CT molecular complexity index is 1010. The minimum Gasteiger partial charge on any atom is -0.494 e. The highest BCUT2D eigenvalue weighted by atomic mass is 32.1. The Kier molecular flexibility index (Phi) is 10.1. The molecule has 1 aromatic heterocycles. The fourth-order valence-electron chi connectivity index (χ4n) is 3.44. The number of amides is 3. The number of nitrogens with one attached hydrogen (secondary N) is 1. The third kappa shape index (κ3) is 7.68. The molecule has 1 aromatic carbocycles. The van der Waals surface area contributed by atoms with E-state index in [1.54, 1.807) is 24.3 Å². The van der Waals surface area contributed by atoms with Gasteiger partial charge in [-0.2, -0.15) is 4.37 Å². The molecule has 0 aliphatic carbocycles. The van der Waals surface area contributed by atoms with Crippen molar-refractivity contribution >= 4 is 40.6 Å². The Labute approximate surface area is 211 Å². The number of ether oxygens (including phenoxy) is 1. The molecule has 0 bridgehead atoms. The Morgan fingerprint density at radius 3 is 2.26 bits per heavy atom. The lowest BCUT2D eigenvalue weighted by Crippen LogP contribution is -2.54. The lowest BCUT2D eigenvalue weighted by Gasteiger charge is -2.33. The van der Waals surface area contributed by atoms with Gasteiger partial charge < -0.3 is 21.5 Å².